The van der Waals surface area contributed by atoms with Gasteiger partial charge in [0.05, 0.1) is 5.69 Å². The van der Waals surface area contributed by atoms with E-state index in [-0.39, 0.29) is 11.6 Å². The molecule has 0 saturated carbocycles. The highest BCUT2D eigenvalue weighted by Crippen LogP contribution is 2.51. The van der Waals surface area contributed by atoms with E-state index < -0.39 is 0 Å². The number of hydrogen-bond donors (Lipinski definition) is 1. The lowest BCUT2D eigenvalue weighted by Gasteiger charge is -2.44. The summed E-state index contributed by atoms with van der Waals surface area (Å²) in [4.78, 5) is 4.64. The first kappa shape index (κ1) is 37.7. The van der Waals surface area contributed by atoms with Crippen LogP contribution < -0.4 is 15.1 Å². The van der Waals surface area contributed by atoms with Crippen molar-refractivity contribution in [3.05, 3.63) is 162 Å². The molecule has 2 aliphatic heterocycles. The Morgan fingerprint density at radius 2 is 1.35 bits per heavy atom. The molecule has 0 aromatic heterocycles. The number of nitrogens with zero attached hydrogens (tertiary/aromatic N) is 2. The van der Waals surface area contributed by atoms with Gasteiger partial charge in [-0.3, -0.25) is 0 Å². The summed E-state index contributed by atoms with van der Waals surface area (Å²) in [6.07, 6.45) is 6.44. The molecule has 0 amide bonds. The van der Waals surface area contributed by atoms with Crippen LogP contribution in [0.15, 0.2) is 140 Å². The molecule has 1 unspecified atom stereocenters. The topological polar surface area (TPSA) is 18.5 Å². The molecule has 0 aliphatic carbocycles. The Morgan fingerprint density at radius 1 is 0.750 bits per heavy atom. The van der Waals surface area contributed by atoms with Gasteiger partial charge < -0.3 is 15.1 Å². The second-order valence-corrected chi connectivity index (χ2v) is 12.0. The summed E-state index contributed by atoms with van der Waals surface area (Å²) in [5.41, 5.74) is 12.1. The van der Waals surface area contributed by atoms with Gasteiger partial charge in [-0.05, 0) is 71.7 Å². The Morgan fingerprint density at radius 3 is 1.96 bits per heavy atom. The van der Waals surface area contributed by atoms with E-state index >= 15 is 0 Å². The van der Waals surface area contributed by atoms with E-state index in [1.165, 1.54) is 29.5 Å². The van der Waals surface area contributed by atoms with Gasteiger partial charge in [0.25, 0.3) is 0 Å². The Kier molecular flexibility index (Phi) is 13.7. The van der Waals surface area contributed by atoms with Crippen molar-refractivity contribution in [2.24, 2.45) is 0 Å². The number of para-hydroxylation sites is 3. The number of benzene rings is 4. The zero-order valence-electron chi connectivity index (χ0n) is 30.9. The van der Waals surface area contributed by atoms with Crippen LogP contribution in [0.5, 0.6) is 0 Å². The van der Waals surface area contributed by atoms with Gasteiger partial charge in [0.2, 0.25) is 0 Å². The average Bonchev–Trinajstić information content (AvgIpc) is 3.13. The van der Waals surface area contributed by atoms with Crippen molar-refractivity contribution in [3.63, 3.8) is 0 Å². The molecular formula is C45H57N3. The number of allylic oxidation sites excluding steroid dienone is 3. The van der Waals surface area contributed by atoms with E-state index in [1.807, 2.05) is 45.9 Å². The maximum atomic E-state index is 4.59. The normalized spacial score (nSPS) is 15.5. The van der Waals surface area contributed by atoms with Crippen molar-refractivity contribution in [1.29, 1.82) is 0 Å². The molecule has 0 fully saturated rings. The third-order valence-corrected chi connectivity index (χ3v) is 8.81. The Balaban J connectivity index is 0.000000717. The van der Waals surface area contributed by atoms with Crippen LogP contribution in [0.4, 0.5) is 22.7 Å². The van der Waals surface area contributed by atoms with Crippen LogP contribution in [0.3, 0.4) is 0 Å². The van der Waals surface area contributed by atoms with E-state index in [2.05, 4.69) is 160 Å². The van der Waals surface area contributed by atoms with Gasteiger partial charge in [0.1, 0.15) is 6.17 Å². The number of unbranched alkanes of at least 4 members (excludes halogenated alkanes) is 1. The molecular weight excluding hydrogens is 583 g/mol. The maximum absolute atomic E-state index is 4.59. The number of nitrogens with one attached hydrogen (secondary N) is 1. The van der Waals surface area contributed by atoms with Gasteiger partial charge >= 0.3 is 0 Å². The van der Waals surface area contributed by atoms with Crippen LogP contribution in [0, 0.1) is 6.92 Å². The van der Waals surface area contributed by atoms with E-state index in [9.17, 15) is 0 Å². The monoisotopic (exact) mass is 639 g/mol. The summed E-state index contributed by atoms with van der Waals surface area (Å²) in [6, 6.07) is 34.3. The summed E-state index contributed by atoms with van der Waals surface area (Å²) >= 11 is 0. The first-order valence-corrected chi connectivity index (χ1v) is 17.7. The molecule has 0 bridgehead atoms. The lowest BCUT2D eigenvalue weighted by Crippen LogP contribution is -2.38. The third-order valence-electron chi connectivity index (χ3n) is 8.81. The molecule has 6 rings (SSSR count). The molecule has 3 nitrogen and oxygen atoms in total. The Hall–Kier alpha value is -4.76. The molecule has 1 N–H and O–H groups in total. The van der Waals surface area contributed by atoms with Crippen LogP contribution in [0.25, 0.3) is 5.70 Å². The molecule has 4 aromatic carbocycles. The van der Waals surface area contributed by atoms with Crippen molar-refractivity contribution in [2.75, 3.05) is 15.1 Å². The van der Waals surface area contributed by atoms with Gasteiger partial charge in [-0.2, -0.15) is 0 Å². The van der Waals surface area contributed by atoms with Crippen molar-refractivity contribution in [1.82, 2.24) is 0 Å². The molecule has 0 radical (unpaired) electrons. The van der Waals surface area contributed by atoms with Crippen LogP contribution in [-0.4, -0.2) is 0 Å². The highest BCUT2D eigenvalue weighted by molar-refractivity contribution is 5.89. The largest absolute Gasteiger partial charge is 0.361 e. The van der Waals surface area contributed by atoms with Crippen LogP contribution in [-0.2, 0) is 5.41 Å². The predicted octanol–water partition coefficient (Wildman–Crippen LogP) is 13.5. The summed E-state index contributed by atoms with van der Waals surface area (Å²) in [6.45, 7) is 32.1. The summed E-state index contributed by atoms with van der Waals surface area (Å²) in [5, 5.41) is 3.84. The van der Waals surface area contributed by atoms with Crippen molar-refractivity contribution in [2.45, 2.75) is 86.7 Å². The number of anilines is 4. The summed E-state index contributed by atoms with van der Waals surface area (Å²) < 4.78 is 0. The highest BCUT2D eigenvalue weighted by Gasteiger charge is 2.38. The van der Waals surface area contributed by atoms with E-state index in [0.29, 0.717) is 0 Å². The van der Waals surface area contributed by atoms with E-state index in [4.69, 9.17) is 0 Å². The number of rotatable bonds is 6. The van der Waals surface area contributed by atoms with Crippen LogP contribution >= 0.6 is 0 Å². The molecule has 252 valence electrons. The quantitative estimate of drug-likeness (QED) is 0.226. The maximum Gasteiger partial charge on any atom is 0.130 e. The van der Waals surface area contributed by atoms with Gasteiger partial charge in [0.15, 0.2) is 0 Å². The molecule has 0 saturated heterocycles. The Labute approximate surface area is 292 Å². The zero-order valence-corrected chi connectivity index (χ0v) is 30.9. The minimum Gasteiger partial charge on any atom is -0.361 e. The van der Waals surface area contributed by atoms with E-state index in [1.54, 1.807) is 0 Å². The predicted molar refractivity (Wildman–Crippen MR) is 214 cm³/mol. The molecule has 4 aromatic rings. The lowest BCUT2D eigenvalue weighted by atomic mass is 9.72. The van der Waals surface area contributed by atoms with Crippen LogP contribution in [0.1, 0.15) is 96.7 Å². The fourth-order valence-electron chi connectivity index (χ4n) is 6.26. The molecule has 1 atom stereocenters. The van der Waals surface area contributed by atoms with Gasteiger partial charge in [-0.15, -0.1) is 0 Å². The summed E-state index contributed by atoms with van der Waals surface area (Å²) in [7, 11) is 0. The molecule has 2 aliphatic rings. The summed E-state index contributed by atoms with van der Waals surface area (Å²) in [5.74, 6) is 0. The standard InChI is InChI=1S/C37H35N3.C4H10.2C2H6/c1-7-30-33(8-2)40(28-17-10-9-11-18-28)35-23-22-27(24-31(35)37(30,5)6)36-38-32-20-14-13-19-29(32)26(4)39(36)34-21-15-12-16-25(34)3;1-3-4-2;2*1-2/h7-24,36,38H,1-2,4H2,3,5-6H3;3-4H2,1-2H3;2*1-2H3. The smallest absolute Gasteiger partial charge is 0.130 e. The molecule has 48 heavy (non-hydrogen) atoms. The SMILES string of the molecule is C=CC1=C(C=C)C(C)(C)c2cc(C3Nc4ccccc4C(=C)N3c3ccccc3C)ccc2N1c1ccccc1.CC.CC.CCCC. The van der Waals surface area contributed by atoms with Crippen molar-refractivity contribution >= 4 is 28.4 Å². The minimum atomic E-state index is -0.279. The second-order valence-electron chi connectivity index (χ2n) is 12.0. The molecule has 2 heterocycles. The van der Waals surface area contributed by atoms with E-state index in [0.717, 1.165) is 45.3 Å². The van der Waals surface area contributed by atoms with Gasteiger partial charge in [-0.25, -0.2) is 0 Å². The average molecular weight is 640 g/mol. The van der Waals surface area contributed by atoms with Crippen molar-refractivity contribution < 1.29 is 0 Å². The second kappa shape index (κ2) is 17.4. The Bertz CT molecular complexity index is 1710. The number of hydrogen-bond acceptors (Lipinski definition) is 3. The molecule has 3 heteroatoms. The first-order chi connectivity index (χ1) is 23.3. The number of fused-ring (bicyclic) bond motifs is 2. The third kappa shape index (κ3) is 7.36. The van der Waals surface area contributed by atoms with Crippen LogP contribution in [0.2, 0.25) is 0 Å². The highest BCUT2D eigenvalue weighted by atomic mass is 15.3. The zero-order chi connectivity index (χ0) is 35.4. The lowest BCUT2D eigenvalue weighted by molar-refractivity contribution is 0.618. The fourth-order valence-corrected chi connectivity index (χ4v) is 6.26. The fraction of sp³-hybridized carbons (Fsp3) is 0.289. The van der Waals surface area contributed by atoms with Gasteiger partial charge in [-0.1, -0.05) is 155 Å². The first-order valence-electron chi connectivity index (χ1n) is 17.7. The van der Waals surface area contributed by atoms with Crippen molar-refractivity contribution in [3.8, 4) is 0 Å². The van der Waals surface area contributed by atoms with Gasteiger partial charge in [0, 0.05) is 39.4 Å². The molecule has 0 spiro atoms. The minimum absolute atomic E-state index is 0.133. The number of aryl methyl sites for hydroxylation is 1.